The molecule has 0 saturated heterocycles. The van der Waals surface area contributed by atoms with Crippen LogP contribution in [-0.2, 0) is 16.0 Å². The number of amides is 1. The summed E-state index contributed by atoms with van der Waals surface area (Å²) in [5.41, 5.74) is 6.84. The van der Waals surface area contributed by atoms with E-state index < -0.39 is 0 Å². The molecule has 1 aliphatic rings. The smallest absolute Gasteiger partial charge is 0.227 e. The van der Waals surface area contributed by atoms with Crippen LogP contribution in [0.1, 0.15) is 42.7 Å². The molecule has 3 atom stereocenters. The fourth-order valence-corrected chi connectivity index (χ4v) is 3.77. The molecule has 0 bridgehead atoms. The van der Waals surface area contributed by atoms with Crippen molar-refractivity contribution in [3.8, 4) is 5.82 Å². The molecule has 3 aromatic rings. The number of fused-ring (bicyclic) bond motifs is 1. The molecule has 162 valence electrons. The number of hydrogen-bond acceptors (Lipinski definition) is 8. The van der Waals surface area contributed by atoms with Crippen LogP contribution in [0.25, 0.3) is 11.5 Å². The summed E-state index contributed by atoms with van der Waals surface area (Å²) in [6.45, 7) is 1.84. The first-order valence-electron chi connectivity index (χ1n) is 9.64. The van der Waals surface area contributed by atoms with Gasteiger partial charge >= 0.3 is 0 Å². The molecule has 1 aliphatic carbocycles. The first-order valence-corrected chi connectivity index (χ1v) is 9.64. The van der Waals surface area contributed by atoms with E-state index in [2.05, 4.69) is 25.7 Å². The molecule has 3 heterocycles. The number of nitrogens with two attached hydrogens (primary N) is 1. The number of methoxy groups -OCH3 is 1. The van der Waals surface area contributed by atoms with E-state index >= 15 is 0 Å². The molecule has 4 rings (SSSR count). The van der Waals surface area contributed by atoms with Gasteiger partial charge in [-0.05, 0) is 38.3 Å². The summed E-state index contributed by atoms with van der Waals surface area (Å²) in [6, 6.07) is 3.67. The van der Waals surface area contributed by atoms with Gasteiger partial charge in [-0.15, -0.1) is 32.8 Å². The molecule has 0 unspecified atom stereocenters. The van der Waals surface area contributed by atoms with Crippen LogP contribution in [0.2, 0.25) is 0 Å². The van der Waals surface area contributed by atoms with Crippen molar-refractivity contribution >= 4 is 24.0 Å². The number of rotatable bonds is 5. The molecule has 12 heteroatoms. The number of halogens is 1. The Balaban J connectivity index is 0.00000256. The van der Waals surface area contributed by atoms with Gasteiger partial charge in [0.25, 0.3) is 0 Å². The Morgan fingerprint density at radius 1 is 1.30 bits per heavy atom. The maximum absolute atomic E-state index is 11.9. The zero-order valence-corrected chi connectivity index (χ0v) is 18.0. The fourth-order valence-electron chi connectivity index (χ4n) is 3.77. The normalized spacial score (nSPS) is 21.4. The summed E-state index contributed by atoms with van der Waals surface area (Å²) in [4.78, 5) is 16.6. The maximum Gasteiger partial charge on any atom is 0.227 e. The van der Waals surface area contributed by atoms with Crippen LogP contribution in [0.15, 0.2) is 12.1 Å². The first-order chi connectivity index (χ1) is 14.0. The van der Waals surface area contributed by atoms with Crippen molar-refractivity contribution in [1.82, 2.24) is 39.9 Å². The van der Waals surface area contributed by atoms with Gasteiger partial charge in [-0.1, -0.05) is 0 Å². The van der Waals surface area contributed by atoms with Gasteiger partial charge in [0, 0.05) is 26.1 Å². The zero-order valence-electron chi connectivity index (χ0n) is 17.1. The molecule has 1 fully saturated rings. The summed E-state index contributed by atoms with van der Waals surface area (Å²) < 4.78 is 8.94. The molecule has 3 aromatic heterocycles. The van der Waals surface area contributed by atoms with Gasteiger partial charge in [0.15, 0.2) is 23.1 Å². The van der Waals surface area contributed by atoms with Gasteiger partial charge < -0.3 is 15.8 Å². The Morgan fingerprint density at radius 3 is 2.83 bits per heavy atom. The standard InChI is InChI=1S/C18H25N9O2.ClH/c1-10-22-23-15-6-7-16(25-26(10)15)27-18(21-14(24-27)9-17(28)20-2)11-4-5-12(19)13(8-11)29-3;/h6-7,11-13H,4-5,8-9,19H2,1-3H3,(H,20,28);1H/t11-,12+,13+;/m0./s1. The second-order valence-electron chi connectivity index (χ2n) is 7.30. The highest BCUT2D eigenvalue weighted by Crippen LogP contribution is 2.33. The molecule has 30 heavy (non-hydrogen) atoms. The summed E-state index contributed by atoms with van der Waals surface area (Å²) in [5.74, 6) is 2.44. The van der Waals surface area contributed by atoms with Crippen LogP contribution in [0.5, 0.6) is 0 Å². The third-order valence-corrected chi connectivity index (χ3v) is 5.41. The average molecular weight is 436 g/mol. The number of carbonyl (C=O) groups excluding carboxylic acids is 1. The minimum Gasteiger partial charge on any atom is -0.380 e. The quantitative estimate of drug-likeness (QED) is 0.584. The van der Waals surface area contributed by atoms with Crippen LogP contribution in [0.3, 0.4) is 0 Å². The number of nitrogens with zero attached hydrogens (tertiary/aromatic N) is 7. The van der Waals surface area contributed by atoms with Crippen molar-refractivity contribution in [2.45, 2.75) is 50.7 Å². The number of hydrogen-bond donors (Lipinski definition) is 2. The Morgan fingerprint density at radius 2 is 2.10 bits per heavy atom. The van der Waals surface area contributed by atoms with Crippen LogP contribution < -0.4 is 11.1 Å². The molecule has 11 nitrogen and oxygen atoms in total. The summed E-state index contributed by atoms with van der Waals surface area (Å²) in [7, 11) is 3.27. The van der Waals surface area contributed by atoms with E-state index in [-0.39, 0.29) is 42.8 Å². The Kier molecular flexibility index (Phi) is 6.64. The number of aryl methyl sites for hydroxylation is 1. The van der Waals surface area contributed by atoms with Gasteiger partial charge in [0.05, 0.1) is 12.5 Å². The topological polar surface area (TPSA) is 138 Å². The highest BCUT2D eigenvalue weighted by molar-refractivity contribution is 5.85. The number of aromatic nitrogens is 7. The van der Waals surface area contributed by atoms with E-state index in [1.165, 1.54) is 0 Å². The van der Waals surface area contributed by atoms with Crippen molar-refractivity contribution < 1.29 is 9.53 Å². The lowest BCUT2D eigenvalue weighted by Gasteiger charge is -2.32. The van der Waals surface area contributed by atoms with Gasteiger partial charge in [-0.3, -0.25) is 4.79 Å². The van der Waals surface area contributed by atoms with Crippen molar-refractivity contribution in [2.75, 3.05) is 14.2 Å². The third kappa shape index (κ3) is 4.13. The molecule has 0 radical (unpaired) electrons. The largest absolute Gasteiger partial charge is 0.380 e. The molecular weight excluding hydrogens is 410 g/mol. The minimum absolute atomic E-state index is 0. The van der Waals surface area contributed by atoms with Gasteiger partial charge in [-0.2, -0.15) is 9.20 Å². The lowest BCUT2D eigenvalue weighted by atomic mass is 9.83. The first kappa shape index (κ1) is 22.1. The number of ether oxygens (including phenoxy) is 1. The molecule has 0 aliphatic heterocycles. The van der Waals surface area contributed by atoms with E-state index in [9.17, 15) is 4.79 Å². The zero-order chi connectivity index (χ0) is 20.5. The predicted octanol–water partition coefficient (Wildman–Crippen LogP) is 0.334. The molecular formula is C18H26ClN9O2. The van der Waals surface area contributed by atoms with Gasteiger partial charge in [-0.25, -0.2) is 4.98 Å². The maximum atomic E-state index is 11.9. The molecule has 0 aromatic carbocycles. The second-order valence-corrected chi connectivity index (χ2v) is 7.30. The Bertz CT molecular complexity index is 1030. The summed E-state index contributed by atoms with van der Waals surface area (Å²) in [5, 5.41) is 19.9. The van der Waals surface area contributed by atoms with Crippen molar-refractivity contribution in [1.29, 1.82) is 0 Å². The lowest BCUT2D eigenvalue weighted by molar-refractivity contribution is -0.120. The monoisotopic (exact) mass is 435 g/mol. The van der Waals surface area contributed by atoms with Crippen LogP contribution >= 0.6 is 12.4 Å². The van der Waals surface area contributed by atoms with Crippen LogP contribution in [0.4, 0.5) is 0 Å². The highest BCUT2D eigenvalue weighted by atomic mass is 35.5. The average Bonchev–Trinajstić information content (AvgIpc) is 3.32. The van der Waals surface area contributed by atoms with E-state index in [4.69, 9.17) is 15.5 Å². The fraction of sp³-hybridized carbons (Fsp3) is 0.556. The van der Waals surface area contributed by atoms with Gasteiger partial charge in [0.2, 0.25) is 5.91 Å². The second kappa shape index (κ2) is 9.02. The van der Waals surface area contributed by atoms with Gasteiger partial charge in [0.1, 0.15) is 5.82 Å². The van der Waals surface area contributed by atoms with Crippen molar-refractivity contribution in [2.24, 2.45) is 5.73 Å². The van der Waals surface area contributed by atoms with Crippen molar-refractivity contribution in [3.05, 3.63) is 29.6 Å². The van der Waals surface area contributed by atoms with Crippen LogP contribution in [-0.4, -0.2) is 66.8 Å². The Hall–Kier alpha value is -2.63. The third-order valence-electron chi connectivity index (χ3n) is 5.41. The van der Waals surface area contributed by atoms with E-state index in [0.717, 1.165) is 25.1 Å². The van der Waals surface area contributed by atoms with Crippen molar-refractivity contribution in [3.63, 3.8) is 0 Å². The Labute approximate surface area is 179 Å². The van der Waals surface area contributed by atoms with E-state index in [0.29, 0.717) is 23.1 Å². The SMILES string of the molecule is CNC(=O)Cc1nc([C@H]2CC[C@@H](N)[C@H](OC)C2)n(-c2ccc3nnc(C)n3n2)n1.Cl. The minimum atomic E-state index is -0.146. The summed E-state index contributed by atoms with van der Waals surface area (Å²) >= 11 is 0. The van der Waals surface area contributed by atoms with E-state index in [1.54, 1.807) is 23.4 Å². The summed E-state index contributed by atoms with van der Waals surface area (Å²) in [6.07, 6.45) is 2.50. The lowest BCUT2D eigenvalue weighted by Crippen LogP contribution is -2.41. The van der Waals surface area contributed by atoms with E-state index in [1.807, 2.05) is 19.1 Å². The molecule has 1 saturated carbocycles. The predicted molar refractivity (Wildman–Crippen MR) is 111 cm³/mol. The van der Waals surface area contributed by atoms with Crippen LogP contribution in [0, 0.1) is 6.92 Å². The molecule has 3 N–H and O–H groups in total. The number of nitrogens with one attached hydrogen (secondary N) is 1. The number of likely N-dealkylation sites (N-methyl/N-ethyl adjacent to an activating group) is 1. The highest BCUT2D eigenvalue weighted by Gasteiger charge is 2.33. The molecule has 1 amide bonds. The number of carbonyl (C=O) groups is 1. The molecule has 0 spiro atoms.